The first-order chi connectivity index (χ1) is 15.2. The highest BCUT2D eigenvalue weighted by molar-refractivity contribution is 6.30. The van der Waals surface area contributed by atoms with E-state index in [1.54, 1.807) is 0 Å². The Bertz CT molecular complexity index is 1140. The molecule has 3 N–H and O–H groups in total. The summed E-state index contributed by atoms with van der Waals surface area (Å²) in [6.07, 6.45) is 1.43. The number of guanidine groups is 2. The lowest BCUT2D eigenvalue weighted by Gasteiger charge is -2.32. The van der Waals surface area contributed by atoms with Gasteiger partial charge in [-0.05, 0) is 24.3 Å². The van der Waals surface area contributed by atoms with Crippen LogP contribution in [-0.2, 0) is 4.74 Å². The number of nitrogens with two attached hydrogens (primary N) is 1. The molecule has 2 aliphatic rings. The number of nitrogens with zero attached hydrogens (tertiary/aromatic N) is 5. The van der Waals surface area contributed by atoms with Crippen LogP contribution in [0.25, 0.3) is 16.9 Å². The molecular weight excluding hydrogens is 414 g/mol. The summed E-state index contributed by atoms with van der Waals surface area (Å²) in [5.41, 5.74) is 9.60. The number of para-hydroxylation sites is 1. The zero-order chi connectivity index (χ0) is 21.2. The number of ether oxygens (including phenoxy) is 1. The zero-order valence-electron chi connectivity index (χ0n) is 16.8. The van der Waals surface area contributed by atoms with E-state index in [4.69, 9.17) is 32.2 Å². The van der Waals surface area contributed by atoms with Crippen LogP contribution >= 0.6 is 11.6 Å². The van der Waals surface area contributed by atoms with Crippen molar-refractivity contribution in [3.63, 3.8) is 0 Å². The molecule has 1 aromatic heterocycles. The minimum absolute atomic E-state index is 0.325. The quantitative estimate of drug-likeness (QED) is 0.659. The van der Waals surface area contributed by atoms with Crippen LogP contribution in [0, 0.1) is 0 Å². The van der Waals surface area contributed by atoms with Crippen molar-refractivity contribution in [3.8, 4) is 16.9 Å². The highest BCUT2D eigenvalue weighted by atomic mass is 35.5. The molecule has 3 aromatic rings. The maximum Gasteiger partial charge on any atom is 0.203 e. The Morgan fingerprint density at radius 3 is 2.61 bits per heavy atom. The molecule has 1 atom stereocenters. The third-order valence-electron chi connectivity index (χ3n) is 5.20. The van der Waals surface area contributed by atoms with Gasteiger partial charge in [-0.15, -0.1) is 0 Å². The summed E-state index contributed by atoms with van der Waals surface area (Å²) >= 11 is 6.27. The van der Waals surface area contributed by atoms with Gasteiger partial charge in [0.15, 0.2) is 12.1 Å². The summed E-state index contributed by atoms with van der Waals surface area (Å²) in [4.78, 5) is 11.6. The van der Waals surface area contributed by atoms with Gasteiger partial charge in [0.25, 0.3) is 0 Å². The Morgan fingerprint density at radius 2 is 1.84 bits per heavy atom. The van der Waals surface area contributed by atoms with Gasteiger partial charge in [0.2, 0.25) is 5.96 Å². The maximum absolute atomic E-state index is 6.27. The van der Waals surface area contributed by atoms with Gasteiger partial charge in [-0.3, -0.25) is 5.32 Å². The van der Waals surface area contributed by atoms with Crippen LogP contribution in [0.15, 0.2) is 70.8 Å². The first-order valence-electron chi connectivity index (χ1n) is 10.1. The number of benzene rings is 2. The number of hydrogen-bond acceptors (Lipinski definition) is 7. The molecule has 2 aromatic carbocycles. The molecule has 2 aliphatic heterocycles. The number of morpholine rings is 1. The normalized spacial score (nSPS) is 18.9. The lowest BCUT2D eigenvalue weighted by atomic mass is 10.1. The minimum atomic E-state index is -0.523. The fraction of sp³-hybridized carbons (Fsp3) is 0.227. The van der Waals surface area contributed by atoms with Gasteiger partial charge in [-0.2, -0.15) is 5.10 Å². The number of hydrogen-bond donors (Lipinski definition) is 2. The average Bonchev–Trinajstić information content (AvgIpc) is 3.26. The molecule has 9 heteroatoms. The molecule has 158 valence electrons. The van der Waals surface area contributed by atoms with E-state index in [9.17, 15) is 0 Å². The molecule has 0 radical (unpaired) electrons. The van der Waals surface area contributed by atoms with Gasteiger partial charge in [-0.25, -0.2) is 14.7 Å². The maximum atomic E-state index is 6.27. The molecule has 1 saturated heterocycles. The van der Waals surface area contributed by atoms with E-state index in [1.807, 2.05) is 65.5 Å². The predicted molar refractivity (Wildman–Crippen MR) is 121 cm³/mol. The minimum Gasteiger partial charge on any atom is -0.378 e. The molecule has 31 heavy (non-hydrogen) atoms. The van der Waals surface area contributed by atoms with Crippen LogP contribution in [0.4, 0.5) is 0 Å². The largest absolute Gasteiger partial charge is 0.378 e. The molecule has 0 saturated carbocycles. The number of aliphatic imine (C=N–C) groups is 2. The van der Waals surface area contributed by atoms with Gasteiger partial charge < -0.3 is 15.4 Å². The van der Waals surface area contributed by atoms with Crippen molar-refractivity contribution < 1.29 is 4.74 Å². The fourth-order valence-corrected chi connectivity index (χ4v) is 3.87. The standard InChI is InChI=1S/C22H22ClN7O/c23-16-6-4-5-15(13-16)19-18(14-30(28-19)17-7-2-1-3-8-17)20-25-21(24)27-22(26-20)29-9-11-31-12-10-29/h1-8,13-14,20H,9-12H2,(H3,24,25,26,27). The summed E-state index contributed by atoms with van der Waals surface area (Å²) in [7, 11) is 0. The summed E-state index contributed by atoms with van der Waals surface area (Å²) in [6, 6.07) is 17.6. The smallest absolute Gasteiger partial charge is 0.203 e. The summed E-state index contributed by atoms with van der Waals surface area (Å²) in [5.74, 6) is 1.02. The SMILES string of the molecule is NC1=NC(c2cn(-c3ccccc3)nc2-c2cccc(Cl)c2)N=C(N2CCOCC2)N1. The van der Waals surface area contributed by atoms with Crippen LogP contribution in [0.3, 0.4) is 0 Å². The molecule has 5 rings (SSSR count). The first-order valence-corrected chi connectivity index (χ1v) is 10.5. The molecule has 1 unspecified atom stereocenters. The van der Waals surface area contributed by atoms with Crippen molar-refractivity contribution in [1.82, 2.24) is 20.0 Å². The highest BCUT2D eigenvalue weighted by Crippen LogP contribution is 2.33. The van der Waals surface area contributed by atoms with E-state index in [0.717, 1.165) is 35.6 Å². The van der Waals surface area contributed by atoms with E-state index >= 15 is 0 Å². The first kappa shape index (κ1) is 19.6. The average molecular weight is 436 g/mol. The molecule has 8 nitrogen and oxygen atoms in total. The van der Waals surface area contributed by atoms with Crippen molar-refractivity contribution in [2.24, 2.45) is 15.7 Å². The topological polar surface area (TPSA) is 93.1 Å². The van der Waals surface area contributed by atoms with Gasteiger partial charge in [0, 0.05) is 35.4 Å². The van der Waals surface area contributed by atoms with Crippen molar-refractivity contribution in [2.45, 2.75) is 6.17 Å². The van der Waals surface area contributed by atoms with Crippen LogP contribution in [0.5, 0.6) is 0 Å². The van der Waals surface area contributed by atoms with E-state index in [-0.39, 0.29) is 0 Å². The summed E-state index contributed by atoms with van der Waals surface area (Å²) in [6.45, 7) is 2.80. The van der Waals surface area contributed by atoms with Gasteiger partial charge in [-0.1, -0.05) is 41.9 Å². The van der Waals surface area contributed by atoms with Crippen molar-refractivity contribution >= 4 is 23.5 Å². The lowest BCUT2D eigenvalue weighted by Crippen LogP contribution is -2.52. The monoisotopic (exact) mass is 435 g/mol. The Labute approximate surface area is 185 Å². The van der Waals surface area contributed by atoms with E-state index < -0.39 is 6.17 Å². The van der Waals surface area contributed by atoms with Crippen molar-refractivity contribution in [3.05, 3.63) is 71.4 Å². The molecule has 0 spiro atoms. The van der Waals surface area contributed by atoms with Gasteiger partial charge in [0.05, 0.1) is 18.9 Å². The highest BCUT2D eigenvalue weighted by Gasteiger charge is 2.26. The fourth-order valence-electron chi connectivity index (χ4n) is 3.68. The van der Waals surface area contributed by atoms with Crippen molar-refractivity contribution in [2.75, 3.05) is 26.3 Å². The number of aromatic nitrogens is 2. The molecule has 0 aliphatic carbocycles. The Morgan fingerprint density at radius 1 is 1.03 bits per heavy atom. The second-order valence-corrected chi connectivity index (χ2v) is 7.73. The number of halogens is 1. The van der Waals surface area contributed by atoms with Gasteiger partial charge in [0.1, 0.15) is 5.69 Å². The third kappa shape index (κ3) is 4.12. The van der Waals surface area contributed by atoms with Crippen LogP contribution in [0.1, 0.15) is 11.7 Å². The van der Waals surface area contributed by atoms with Gasteiger partial charge >= 0.3 is 0 Å². The molecule has 0 amide bonds. The Balaban J connectivity index is 1.60. The molecule has 3 heterocycles. The summed E-state index contributed by atoms with van der Waals surface area (Å²) < 4.78 is 7.29. The number of rotatable bonds is 3. The molecule has 0 bridgehead atoms. The van der Waals surface area contributed by atoms with Crippen LogP contribution in [-0.4, -0.2) is 52.9 Å². The predicted octanol–water partition coefficient (Wildman–Crippen LogP) is 2.80. The van der Waals surface area contributed by atoms with E-state index in [0.29, 0.717) is 30.2 Å². The van der Waals surface area contributed by atoms with E-state index in [2.05, 4.69) is 15.2 Å². The van der Waals surface area contributed by atoms with Crippen LogP contribution < -0.4 is 11.1 Å². The molecule has 1 fully saturated rings. The number of nitrogens with one attached hydrogen (secondary N) is 1. The van der Waals surface area contributed by atoms with Crippen LogP contribution in [0.2, 0.25) is 5.02 Å². The zero-order valence-corrected chi connectivity index (χ0v) is 17.5. The van der Waals surface area contributed by atoms with E-state index in [1.165, 1.54) is 0 Å². The molecular formula is C22H22ClN7O. The summed E-state index contributed by atoms with van der Waals surface area (Å²) in [5, 5.41) is 8.59. The Hall–Kier alpha value is -3.36. The second-order valence-electron chi connectivity index (χ2n) is 7.29. The third-order valence-corrected chi connectivity index (χ3v) is 5.43. The Kier molecular flexibility index (Phi) is 5.31. The lowest BCUT2D eigenvalue weighted by molar-refractivity contribution is 0.0667. The second kappa shape index (κ2) is 8.41. The van der Waals surface area contributed by atoms with Crippen molar-refractivity contribution in [1.29, 1.82) is 0 Å².